The van der Waals surface area contributed by atoms with Crippen LogP contribution in [0.15, 0.2) is 24.3 Å². The summed E-state index contributed by atoms with van der Waals surface area (Å²) in [6.07, 6.45) is 4.60. The zero-order valence-corrected chi connectivity index (χ0v) is 15.5. The summed E-state index contributed by atoms with van der Waals surface area (Å²) in [4.78, 5) is 4.75. The van der Waals surface area contributed by atoms with Gasteiger partial charge in [-0.15, -0.1) is 0 Å². The molecule has 0 radical (unpaired) electrons. The summed E-state index contributed by atoms with van der Waals surface area (Å²) in [5, 5.41) is 0. The minimum atomic E-state index is -3.06. The SMILES string of the molecule is CCCS(=O)(=O)N1CCN(c2ccc(N3CCCCC3)cc2)CC1. The van der Waals surface area contributed by atoms with Gasteiger partial charge in [0.1, 0.15) is 0 Å². The molecule has 2 heterocycles. The zero-order valence-electron chi connectivity index (χ0n) is 14.7. The first-order valence-corrected chi connectivity index (χ1v) is 10.8. The van der Waals surface area contributed by atoms with Crippen LogP contribution in [-0.2, 0) is 10.0 Å². The molecular formula is C18H29N3O2S. The lowest BCUT2D eigenvalue weighted by Gasteiger charge is -2.35. The summed E-state index contributed by atoms with van der Waals surface area (Å²) in [5.74, 6) is 0.261. The van der Waals surface area contributed by atoms with Gasteiger partial charge in [0.05, 0.1) is 5.75 Å². The maximum Gasteiger partial charge on any atom is 0.214 e. The molecular weight excluding hydrogens is 322 g/mol. The van der Waals surface area contributed by atoms with E-state index in [0.717, 1.165) is 26.2 Å². The molecule has 5 nitrogen and oxygen atoms in total. The molecule has 0 aliphatic carbocycles. The second-order valence-corrected chi connectivity index (χ2v) is 8.85. The van der Waals surface area contributed by atoms with Crippen LogP contribution in [0.4, 0.5) is 11.4 Å². The summed E-state index contributed by atoms with van der Waals surface area (Å²) >= 11 is 0. The Hall–Kier alpha value is -1.27. The van der Waals surface area contributed by atoms with Crippen molar-refractivity contribution in [2.75, 3.05) is 54.8 Å². The number of nitrogens with zero attached hydrogens (tertiary/aromatic N) is 3. The first-order chi connectivity index (χ1) is 11.6. The van der Waals surface area contributed by atoms with Gasteiger partial charge in [0.2, 0.25) is 10.0 Å². The highest BCUT2D eigenvalue weighted by Gasteiger charge is 2.26. The molecule has 2 aliphatic rings. The van der Waals surface area contributed by atoms with Gasteiger partial charge in [0.25, 0.3) is 0 Å². The molecule has 0 N–H and O–H groups in total. The Morgan fingerprint density at radius 2 is 1.29 bits per heavy atom. The fourth-order valence-corrected chi connectivity index (χ4v) is 5.13. The predicted molar refractivity (Wildman–Crippen MR) is 100 cm³/mol. The van der Waals surface area contributed by atoms with Crippen molar-refractivity contribution in [3.8, 4) is 0 Å². The summed E-state index contributed by atoms with van der Waals surface area (Å²) in [6, 6.07) is 8.78. The Bertz CT molecular complexity index is 616. The van der Waals surface area contributed by atoms with Crippen LogP contribution in [0.5, 0.6) is 0 Å². The van der Waals surface area contributed by atoms with Gasteiger partial charge >= 0.3 is 0 Å². The van der Waals surface area contributed by atoms with Crippen molar-refractivity contribution in [2.45, 2.75) is 32.6 Å². The topological polar surface area (TPSA) is 43.9 Å². The average Bonchev–Trinajstić information content (AvgIpc) is 2.63. The highest BCUT2D eigenvalue weighted by atomic mass is 32.2. The van der Waals surface area contributed by atoms with Crippen LogP contribution < -0.4 is 9.80 Å². The van der Waals surface area contributed by atoms with Gasteiger partial charge < -0.3 is 9.80 Å². The lowest BCUT2D eigenvalue weighted by atomic mass is 10.1. The summed E-state index contributed by atoms with van der Waals surface area (Å²) in [7, 11) is -3.06. The van der Waals surface area contributed by atoms with E-state index in [1.807, 2.05) is 6.92 Å². The number of sulfonamides is 1. The Labute approximate surface area is 146 Å². The molecule has 3 rings (SSSR count). The van der Waals surface area contributed by atoms with Gasteiger partial charge in [-0.3, -0.25) is 0 Å². The molecule has 2 fully saturated rings. The number of piperazine rings is 1. The van der Waals surface area contributed by atoms with E-state index >= 15 is 0 Å². The van der Waals surface area contributed by atoms with Crippen LogP contribution in [0.3, 0.4) is 0 Å². The Morgan fingerprint density at radius 1 is 0.792 bits per heavy atom. The van der Waals surface area contributed by atoms with Gasteiger partial charge in [-0.05, 0) is 49.9 Å². The molecule has 0 spiro atoms. The minimum absolute atomic E-state index is 0.261. The molecule has 1 aromatic rings. The van der Waals surface area contributed by atoms with Crippen molar-refractivity contribution < 1.29 is 8.42 Å². The third kappa shape index (κ3) is 4.03. The highest BCUT2D eigenvalue weighted by molar-refractivity contribution is 7.89. The number of benzene rings is 1. The number of rotatable bonds is 5. The monoisotopic (exact) mass is 351 g/mol. The van der Waals surface area contributed by atoms with Crippen molar-refractivity contribution in [2.24, 2.45) is 0 Å². The summed E-state index contributed by atoms with van der Waals surface area (Å²) < 4.78 is 25.9. The molecule has 0 atom stereocenters. The lowest BCUT2D eigenvalue weighted by molar-refractivity contribution is 0.384. The van der Waals surface area contributed by atoms with Crippen LogP contribution in [-0.4, -0.2) is 57.7 Å². The van der Waals surface area contributed by atoms with Gasteiger partial charge in [0, 0.05) is 50.6 Å². The van der Waals surface area contributed by atoms with Crippen molar-refractivity contribution in [1.82, 2.24) is 4.31 Å². The predicted octanol–water partition coefficient (Wildman–Crippen LogP) is 2.54. The van der Waals surface area contributed by atoms with E-state index in [2.05, 4.69) is 34.1 Å². The fourth-order valence-electron chi connectivity index (χ4n) is 3.64. The summed E-state index contributed by atoms with van der Waals surface area (Å²) in [5.41, 5.74) is 2.51. The Kier molecular flexibility index (Phi) is 5.66. The maximum atomic E-state index is 12.2. The molecule has 2 saturated heterocycles. The smallest absolute Gasteiger partial charge is 0.214 e. The van der Waals surface area contributed by atoms with Gasteiger partial charge in [-0.1, -0.05) is 6.92 Å². The molecule has 134 valence electrons. The average molecular weight is 352 g/mol. The quantitative estimate of drug-likeness (QED) is 0.818. The number of hydrogen-bond acceptors (Lipinski definition) is 4. The lowest BCUT2D eigenvalue weighted by Crippen LogP contribution is -2.49. The van der Waals surface area contributed by atoms with Crippen LogP contribution in [0.1, 0.15) is 32.6 Å². The summed E-state index contributed by atoms with van der Waals surface area (Å²) in [6.45, 7) is 6.96. The third-order valence-corrected chi connectivity index (χ3v) is 7.11. The number of hydrogen-bond donors (Lipinski definition) is 0. The second-order valence-electron chi connectivity index (χ2n) is 6.77. The third-order valence-electron chi connectivity index (χ3n) is 5.03. The largest absolute Gasteiger partial charge is 0.372 e. The molecule has 6 heteroatoms. The van der Waals surface area contributed by atoms with E-state index in [1.165, 1.54) is 30.6 Å². The minimum Gasteiger partial charge on any atom is -0.372 e. The molecule has 0 saturated carbocycles. The molecule has 0 unspecified atom stereocenters. The normalized spacial score (nSPS) is 20.4. The van der Waals surface area contributed by atoms with Crippen LogP contribution in [0.2, 0.25) is 0 Å². The highest BCUT2D eigenvalue weighted by Crippen LogP contribution is 2.24. The van der Waals surface area contributed by atoms with Gasteiger partial charge in [-0.25, -0.2) is 8.42 Å². The molecule has 2 aliphatic heterocycles. The number of anilines is 2. The Balaban J connectivity index is 1.58. The van der Waals surface area contributed by atoms with Crippen molar-refractivity contribution >= 4 is 21.4 Å². The fraction of sp³-hybridized carbons (Fsp3) is 0.667. The standard InChI is InChI=1S/C18H29N3O2S/c1-2-16-24(22,23)21-14-12-20(13-15-21)18-8-6-17(7-9-18)19-10-4-3-5-11-19/h6-9H,2-5,10-16H2,1H3. The van der Waals surface area contributed by atoms with E-state index < -0.39 is 10.0 Å². The van der Waals surface area contributed by atoms with Crippen LogP contribution in [0, 0.1) is 0 Å². The molecule has 0 aromatic heterocycles. The molecule has 24 heavy (non-hydrogen) atoms. The van der Waals surface area contributed by atoms with Crippen molar-refractivity contribution in [3.05, 3.63) is 24.3 Å². The van der Waals surface area contributed by atoms with E-state index in [1.54, 1.807) is 4.31 Å². The zero-order chi connectivity index (χ0) is 17.0. The molecule has 0 amide bonds. The first kappa shape index (κ1) is 17.5. The number of piperidine rings is 1. The van der Waals surface area contributed by atoms with E-state index in [9.17, 15) is 8.42 Å². The van der Waals surface area contributed by atoms with E-state index in [0.29, 0.717) is 19.5 Å². The second kappa shape index (κ2) is 7.74. The van der Waals surface area contributed by atoms with Crippen LogP contribution >= 0.6 is 0 Å². The van der Waals surface area contributed by atoms with Gasteiger partial charge in [-0.2, -0.15) is 4.31 Å². The van der Waals surface area contributed by atoms with Crippen molar-refractivity contribution in [1.29, 1.82) is 0 Å². The first-order valence-electron chi connectivity index (χ1n) is 9.18. The maximum absolute atomic E-state index is 12.2. The Morgan fingerprint density at radius 3 is 1.79 bits per heavy atom. The van der Waals surface area contributed by atoms with Gasteiger partial charge in [0.15, 0.2) is 0 Å². The molecule has 1 aromatic carbocycles. The van der Waals surface area contributed by atoms with E-state index in [4.69, 9.17) is 0 Å². The molecule has 0 bridgehead atoms. The van der Waals surface area contributed by atoms with Crippen molar-refractivity contribution in [3.63, 3.8) is 0 Å². The van der Waals surface area contributed by atoms with Crippen LogP contribution in [0.25, 0.3) is 0 Å². The van der Waals surface area contributed by atoms with E-state index in [-0.39, 0.29) is 5.75 Å².